The van der Waals surface area contributed by atoms with Gasteiger partial charge in [0.1, 0.15) is 0 Å². The molecule has 0 aromatic heterocycles. The van der Waals surface area contributed by atoms with Gasteiger partial charge in [0, 0.05) is 11.0 Å². The SMILES string of the molecule is C=C(Br)CNC(=O)C1(C)CCCN1. The summed E-state index contributed by atoms with van der Waals surface area (Å²) in [7, 11) is 0. The number of rotatable bonds is 3. The predicted molar refractivity (Wildman–Crippen MR) is 56.7 cm³/mol. The normalized spacial score (nSPS) is 27.2. The lowest BCUT2D eigenvalue weighted by atomic mass is 9.99. The van der Waals surface area contributed by atoms with Crippen LogP contribution in [0.1, 0.15) is 19.8 Å². The molecule has 0 saturated carbocycles. The second-order valence-corrected chi connectivity index (χ2v) is 4.68. The Labute approximate surface area is 87.1 Å². The van der Waals surface area contributed by atoms with Crippen molar-refractivity contribution in [2.24, 2.45) is 0 Å². The monoisotopic (exact) mass is 246 g/mol. The fourth-order valence-corrected chi connectivity index (χ4v) is 1.60. The number of hydrogen-bond acceptors (Lipinski definition) is 2. The summed E-state index contributed by atoms with van der Waals surface area (Å²) in [5, 5.41) is 6.02. The van der Waals surface area contributed by atoms with Gasteiger partial charge < -0.3 is 10.6 Å². The second kappa shape index (κ2) is 4.24. The van der Waals surface area contributed by atoms with Crippen LogP contribution in [0.5, 0.6) is 0 Å². The molecule has 1 aliphatic rings. The average molecular weight is 247 g/mol. The highest BCUT2D eigenvalue weighted by atomic mass is 79.9. The highest BCUT2D eigenvalue weighted by molar-refractivity contribution is 9.11. The van der Waals surface area contributed by atoms with Crippen molar-refractivity contribution in [1.29, 1.82) is 0 Å². The summed E-state index contributed by atoms with van der Waals surface area (Å²) in [6.45, 7) is 7.02. The van der Waals surface area contributed by atoms with Crippen LogP contribution in [0.15, 0.2) is 11.1 Å². The first-order valence-corrected chi connectivity index (χ1v) is 5.20. The summed E-state index contributed by atoms with van der Waals surface area (Å²) in [6.07, 6.45) is 1.98. The summed E-state index contributed by atoms with van der Waals surface area (Å²) in [6, 6.07) is 0. The number of halogens is 1. The van der Waals surface area contributed by atoms with Gasteiger partial charge >= 0.3 is 0 Å². The Morgan fingerprint density at radius 2 is 2.46 bits per heavy atom. The minimum Gasteiger partial charge on any atom is -0.350 e. The fourth-order valence-electron chi connectivity index (χ4n) is 1.46. The summed E-state index contributed by atoms with van der Waals surface area (Å²) >= 11 is 3.20. The number of nitrogens with one attached hydrogen (secondary N) is 2. The molecule has 1 rings (SSSR count). The maximum absolute atomic E-state index is 11.6. The number of carbonyl (C=O) groups excluding carboxylic acids is 1. The average Bonchev–Trinajstić information content (AvgIpc) is 2.49. The van der Waals surface area contributed by atoms with E-state index in [1.165, 1.54) is 0 Å². The molecule has 1 amide bonds. The van der Waals surface area contributed by atoms with Crippen LogP contribution in [0.4, 0.5) is 0 Å². The first kappa shape index (κ1) is 10.7. The van der Waals surface area contributed by atoms with Crippen LogP contribution < -0.4 is 10.6 Å². The number of hydrogen-bond donors (Lipinski definition) is 2. The lowest BCUT2D eigenvalue weighted by Gasteiger charge is -2.22. The fraction of sp³-hybridized carbons (Fsp3) is 0.667. The van der Waals surface area contributed by atoms with Gasteiger partial charge in [0.2, 0.25) is 5.91 Å². The highest BCUT2D eigenvalue weighted by Crippen LogP contribution is 2.18. The van der Waals surface area contributed by atoms with Gasteiger partial charge in [-0.25, -0.2) is 0 Å². The maximum atomic E-state index is 11.6. The lowest BCUT2D eigenvalue weighted by molar-refractivity contribution is -0.126. The van der Waals surface area contributed by atoms with Gasteiger partial charge in [-0.15, -0.1) is 0 Å². The first-order chi connectivity index (χ1) is 6.04. The summed E-state index contributed by atoms with van der Waals surface area (Å²) in [5.41, 5.74) is -0.373. The third kappa shape index (κ3) is 2.81. The van der Waals surface area contributed by atoms with E-state index in [2.05, 4.69) is 33.1 Å². The van der Waals surface area contributed by atoms with E-state index in [0.29, 0.717) is 6.54 Å². The molecular formula is C9H15BrN2O. The van der Waals surface area contributed by atoms with Gasteiger partial charge in [-0.2, -0.15) is 0 Å². The zero-order valence-electron chi connectivity index (χ0n) is 7.82. The summed E-state index contributed by atoms with van der Waals surface area (Å²) in [4.78, 5) is 11.6. The van der Waals surface area contributed by atoms with E-state index < -0.39 is 0 Å². The van der Waals surface area contributed by atoms with Crippen LogP contribution in [0, 0.1) is 0 Å². The standard InChI is InChI=1S/C9H15BrN2O/c1-7(10)6-11-8(13)9(2)4-3-5-12-9/h12H,1,3-6H2,2H3,(H,11,13). The van der Waals surface area contributed by atoms with E-state index in [1.54, 1.807) is 0 Å². The van der Waals surface area contributed by atoms with Crippen LogP contribution in [0.25, 0.3) is 0 Å². The Kier molecular flexibility index (Phi) is 3.50. The van der Waals surface area contributed by atoms with Gasteiger partial charge in [-0.1, -0.05) is 22.5 Å². The van der Waals surface area contributed by atoms with Crippen LogP contribution in [-0.2, 0) is 4.79 Å². The van der Waals surface area contributed by atoms with Crippen molar-refractivity contribution >= 4 is 21.8 Å². The molecule has 0 aromatic carbocycles. The van der Waals surface area contributed by atoms with Crippen molar-refractivity contribution in [1.82, 2.24) is 10.6 Å². The molecular weight excluding hydrogens is 232 g/mol. The van der Waals surface area contributed by atoms with Gasteiger partial charge in [0.25, 0.3) is 0 Å². The van der Waals surface area contributed by atoms with Crippen molar-refractivity contribution in [2.45, 2.75) is 25.3 Å². The van der Waals surface area contributed by atoms with Gasteiger partial charge in [0.05, 0.1) is 5.54 Å². The number of carbonyl (C=O) groups is 1. The Morgan fingerprint density at radius 1 is 1.77 bits per heavy atom. The molecule has 1 heterocycles. The van der Waals surface area contributed by atoms with E-state index in [4.69, 9.17) is 0 Å². The number of amides is 1. The van der Waals surface area contributed by atoms with Crippen LogP contribution >= 0.6 is 15.9 Å². The summed E-state index contributed by atoms with van der Waals surface area (Å²) in [5.74, 6) is 0.0607. The Bertz CT molecular complexity index is 222. The molecule has 0 bridgehead atoms. The Balaban J connectivity index is 2.42. The van der Waals surface area contributed by atoms with E-state index in [1.807, 2.05) is 6.92 Å². The Morgan fingerprint density at radius 3 is 2.92 bits per heavy atom. The van der Waals surface area contributed by atoms with E-state index >= 15 is 0 Å². The van der Waals surface area contributed by atoms with Crippen LogP contribution in [0.3, 0.4) is 0 Å². The van der Waals surface area contributed by atoms with E-state index in [9.17, 15) is 4.79 Å². The quantitative estimate of drug-likeness (QED) is 0.785. The first-order valence-electron chi connectivity index (χ1n) is 4.41. The molecule has 0 aromatic rings. The highest BCUT2D eigenvalue weighted by Gasteiger charge is 2.35. The van der Waals surface area contributed by atoms with Crippen molar-refractivity contribution in [2.75, 3.05) is 13.1 Å². The van der Waals surface area contributed by atoms with Crippen molar-refractivity contribution in [3.63, 3.8) is 0 Å². The smallest absolute Gasteiger partial charge is 0.240 e. The van der Waals surface area contributed by atoms with Crippen LogP contribution in [-0.4, -0.2) is 24.5 Å². The lowest BCUT2D eigenvalue weighted by Crippen LogP contribution is -2.51. The molecule has 74 valence electrons. The molecule has 1 atom stereocenters. The molecule has 1 saturated heterocycles. The molecule has 2 N–H and O–H groups in total. The van der Waals surface area contributed by atoms with Crippen molar-refractivity contribution < 1.29 is 4.79 Å². The van der Waals surface area contributed by atoms with E-state index in [-0.39, 0.29) is 11.4 Å². The minimum absolute atomic E-state index is 0.0607. The third-order valence-electron chi connectivity index (χ3n) is 2.31. The molecule has 0 radical (unpaired) electrons. The van der Waals surface area contributed by atoms with E-state index in [0.717, 1.165) is 23.9 Å². The van der Waals surface area contributed by atoms with Crippen molar-refractivity contribution in [3.05, 3.63) is 11.1 Å². The molecule has 0 spiro atoms. The van der Waals surface area contributed by atoms with Gasteiger partial charge in [-0.3, -0.25) is 4.79 Å². The van der Waals surface area contributed by atoms with Gasteiger partial charge in [-0.05, 0) is 26.3 Å². The topological polar surface area (TPSA) is 41.1 Å². The Hall–Kier alpha value is -0.350. The predicted octanol–water partition coefficient (Wildman–Crippen LogP) is 1.15. The maximum Gasteiger partial charge on any atom is 0.240 e. The molecule has 13 heavy (non-hydrogen) atoms. The molecule has 1 aliphatic heterocycles. The molecule has 1 unspecified atom stereocenters. The molecule has 4 heteroatoms. The summed E-state index contributed by atoms with van der Waals surface area (Å²) < 4.78 is 0.794. The van der Waals surface area contributed by atoms with Gasteiger partial charge in [0.15, 0.2) is 0 Å². The largest absolute Gasteiger partial charge is 0.350 e. The molecule has 1 fully saturated rings. The van der Waals surface area contributed by atoms with Crippen molar-refractivity contribution in [3.8, 4) is 0 Å². The van der Waals surface area contributed by atoms with Crippen LogP contribution in [0.2, 0.25) is 0 Å². The molecule has 0 aliphatic carbocycles. The second-order valence-electron chi connectivity index (χ2n) is 3.56. The zero-order chi connectivity index (χ0) is 9.90. The third-order valence-corrected chi connectivity index (χ3v) is 2.59. The minimum atomic E-state index is -0.373. The molecule has 3 nitrogen and oxygen atoms in total. The zero-order valence-corrected chi connectivity index (χ0v) is 9.41.